The number of hydrogen-bond donors (Lipinski definition) is 4. The molecule has 0 radical (unpaired) electrons. The normalized spacial score (nSPS) is 27.2. The lowest BCUT2D eigenvalue weighted by atomic mass is 9.78. The first-order chi connectivity index (χ1) is 15.4. The number of aliphatic hydroxyl groups is 4. The number of aliphatic hydroxyl groups excluding tert-OH is 4. The molecule has 4 N–H and O–H groups in total. The highest BCUT2D eigenvalue weighted by atomic mass is 19.3. The number of nitrogens with zero attached hydrogens (tertiary/aromatic N) is 2. The van der Waals surface area contributed by atoms with Gasteiger partial charge in [-0.15, -0.1) is 5.10 Å². The van der Waals surface area contributed by atoms with E-state index in [9.17, 15) is 20.4 Å². The molecule has 10 heteroatoms. The summed E-state index contributed by atoms with van der Waals surface area (Å²) in [7, 11) is 0. The maximum atomic E-state index is 15.0. The first-order valence-corrected chi connectivity index (χ1v) is 11.0. The number of alkyl halides is 2. The Kier molecular flexibility index (Phi) is 7.62. The van der Waals surface area contributed by atoms with Crippen LogP contribution < -0.4 is 9.47 Å². The average molecular weight is 471 g/mol. The summed E-state index contributed by atoms with van der Waals surface area (Å²) in [6.45, 7) is 6.49. The lowest BCUT2D eigenvalue weighted by molar-refractivity contribution is -0.266. The van der Waals surface area contributed by atoms with Crippen LogP contribution in [0.5, 0.6) is 11.6 Å². The van der Waals surface area contributed by atoms with Gasteiger partial charge in [0.15, 0.2) is 6.10 Å². The highest BCUT2D eigenvalue weighted by Gasteiger charge is 2.62. The lowest BCUT2D eigenvalue weighted by Crippen LogP contribution is -2.67. The van der Waals surface area contributed by atoms with E-state index in [2.05, 4.69) is 5.10 Å². The molecule has 0 amide bonds. The van der Waals surface area contributed by atoms with E-state index < -0.39 is 42.9 Å². The molecule has 0 aliphatic heterocycles. The van der Waals surface area contributed by atoms with Gasteiger partial charge in [-0.1, -0.05) is 12.1 Å². The fourth-order valence-electron chi connectivity index (χ4n) is 3.86. The lowest BCUT2D eigenvalue weighted by Gasteiger charge is -2.44. The summed E-state index contributed by atoms with van der Waals surface area (Å²) >= 11 is 0. The average Bonchev–Trinajstić information content (AvgIpc) is 3.14. The maximum Gasteiger partial charge on any atom is 0.294 e. The van der Waals surface area contributed by atoms with Crippen LogP contribution >= 0.6 is 0 Å². The molecule has 3 rings (SSSR count). The predicted molar refractivity (Wildman–Crippen MR) is 116 cm³/mol. The second-order valence-electron chi connectivity index (χ2n) is 8.99. The largest absolute Gasteiger partial charge is 0.491 e. The van der Waals surface area contributed by atoms with Crippen molar-refractivity contribution in [3.8, 4) is 11.6 Å². The van der Waals surface area contributed by atoms with Gasteiger partial charge < -0.3 is 29.9 Å². The van der Waals surface area contributed by atoms with Crippen molar-refractivity contribution in [2.75, 3.05) is 6.61 Å². The molecule has 2 aromatic rings. The summed E-state index contributed by atoms with van der Waals surface area (Å²) in [6.07, 6.45) is -6.17. The number of rotatable bonds is 8. The molecule has 1 aliphatic carbocycles. The first-order valence-electron chi connectivity index (χ1n) is 11.0. The summed E-state index contributed by atoms with van der Waals surface area (Å²) in [6, 6.07) is 7.23. The number of benzene rings is 1. The quantitative estimate of drug-likeness (QED) is 0.466. The maximum absolute atomic E-state index is 15.0. The molecule has 1 aromatic carbocycles. The highest BCUT2D eigenvalue weighted by molar-refractivity contribution is 5.35. The van der Waals surface area contributed by atoms with Crippen molar-refractivity contribution in [1.29, 1.82) is 0 Å². The van der Waals surface area contributed by atoms with Gasteiger partial charge in [-0.2, -0.15) is 0 Å². The van der Waals surface area contributed by atoms with Crippen molar-refractivity contribution in [2.24, 2.45) is 5.92 Å². The summed E-state index contributed by atoms with van der Waals surface area (Å²) in [4.78, 5) is 0. The van der Waals surface area contributed by atoms with Gasteiger partial charge >= 0.3 is 0 Å². The van der Waals surface area contributed by atoms with Gasteiger partial charge in [0.05, 0.1) is 24.7 Å². The van der Waals surface area contributed by atoms with Gasteiger partial charge in [-0.05, 0) is 45.4 Å². The molecule has 0 saturated heterocycles. The summed E-state index contributed by atoms with van der Waals surface area (Å²) in [5, 5.41) is 43.9. The molecule has 0 bridgehead atoms. The Balaban J connectivity index is 1.90. The van der Waals surface area contributed by atoms with Crippen LogP contribution in [0.25, 0.3) is 0 Å². The van der Waals surface area contributed by atoms with Crippen LogP contribution in [0.15, 0.2) is 30.5 Å². The van der Waals surface area contributed by atoms with Crippen LogP contribution in [-0.4, -0.2) is 73.3 Å². The molecule has 5 unspecified atom stereocenters. The minimum absolute atomic E-state index is 0.0281. The van der Waals surface area contributed by atoms with E-state index >= 15 is 8.78 Å². The van der Waals surface area contributed by atoms with Gasteiger partial charge in [0.2, 0.25) is 5.88 Å². The zero-order chi connectivity index (χ0) is 24.5. The minimum atomic E-state index is -3.82. The standard InChI is InChI=1S/C23H32F2N2O6/c1-12(2)27-10-15(9-14-5-7-16(8-6-14)32-13(3)4)22(26-27)33-21-20(31)19(30)18(29)17(11-28)23(21,24)25/h5-8,10,12-13,17-21,28-31H,9,11H2,1-4H3. The van der Waals surface area contributed by atoms with Crippen LogP contribution in [0.4, 0.5) is 8.78 Å². The van der Waals surface area contributed by atoms with Gasteiger partial charge in [-0.25, -0.2) is 8.78 Å². The van der Waals surface area contributed by atoms with E-state index in [1.54, 1.807) is 10.9 Å². The Morgan fingerprint density at radius 2 is 1.67 bits per heavy atom. The Hall–Kier alpha value is -2.27. The molecule has 33 heavy (non-hydrogen) atoms. The monoisotopic (exact) mass is 470 g/mol. The molecule has 5 atom stereocenters. The van der Waals surface area contributed by atoms with Crippen molar-refractivity contribution >= 4 is 0 Å². The fourth-order valence-corrected chi connectivity index (χ4v) is 3.86. The van der Waals surface area contributed by atoms with Crippen molar-refractivity contribution in [3.05, 3.63) is 41.6 Å². The van der Waals surface area contributed by atoms with Crippen LogP contribution in [0.3, 0.4) is 0 Å². The van der Waals surface area contributed by atoms with Crippen molar-refractivity contribution in [1.82, 2.24) is 9.78 Å². The topological polar surface area (TPSA) is 117 Å². The summed E-state index contributed by atoms with van der Waals surface area (Å²) in [5.41, 5.74) is 1.37. The molecule has 8 nitrogen and oxygen atoms in total. The van der Waals surface area contributed by atoms with E-state index in [4.69, 9.17) is 9.47 Å². The molecule has 1 aliphatic rings. The predicted octanol–water partition coefficient (Wildman–Crippen LogP) is 1.93. The molecular weight excluding hydrogens is 438 g/mol. The van der Waals surface area contributed by atoms with E-state index in [1.165, 1.54) is 0 Å². The van der Waals surface area contributed by atoms with Crippen LogP contribution in [-0.2, 0) is 6.42 Å². The fraction of sp³-hybridized carbons (Fsp3) is 0.609. The number of halogens is 2. The molecule has 1 aromatic heterocycles. The van der Waals surface area contributed by atoms with Gasteiger partial charge in [0.1, 0.15) is 18.0 Å². The number of aromatic nitrogens is 2. The van der Waals surface area contributed by atoms with Crippen LogP contribution in [0.2, 0.25) is 0 Å². The molecule has 1 saturated carbocycles. The van der Waals surface area contributed by atoms with Gasteiger partial charge in [0.25, 0.3) is 5.92 Å². The van der Waals surface area contributed by atoms with Crippen molar-refractivity contribution in [3.63, 3.8) is 0 Å². The second-order valence-corrected chi connectivity index (χ2v) is 8.99. The van der Waals surface area contributed by atoms with Gasteiger partial charge in [0, 0.05) is 24.2 Å². The second kappa shape index (κ2) is 9.92. The van der Waals surface area contributed by atoms with E-state index in [-0.39, 0.29) is 18.0 Å². The van der Waals surface area contributed by atoms with Gasteiger partial charge in [-0.3, -0.25) is 4.68 Å². The van der Waals surface area contributed by atoms with E-state index in [1.807, 2.05) is 52.0 Å². The third kappa shape index (κ3) is 5.29. The van der Waals surface area contributed by atoms with E-state index in [0.717, 1.165) is 5.56 Å². The number of ether oxygens (including phenoxy) is 2. The summed E-state index contributed by atoms with van der Waals surface area (Å²) < 4.78 is 42.7. The Labute approximate surface area is 191 Å². The Bertz CT molecular complexity index is 918. The molecule has 0 spiro atoms. The first kappa shape index (κ1) is 25.4. The van der Waals surface area contributed by atoms with E-state index in [0.29, 0.717) is 17.7 Å². The SMILES string of the molecule is CC(C)Oc1ccc(Cc2cn(C(C)C)nc2OC2C(O)C(O)C(O)C(CO)C2(F)F)cc1. The zero-order valence-corrected chi connectivity index (χ0v) is 19.1. The number of hydrogen-bond acceptors (Lipinski definition) is 7. The molecule has 1 fully saturated rings. The smallest absolute Gasteiger partial charge is 0.294 e. The third-order valence-electron chi connectivity index (χ3n) is 5.72. The third-order valence-corrected chi connectivity index (χ3v) is 5.72. The Morgan fingerprint density at radius 1 is 1.03 bits per heavy atom. The van der Waals surface area contributed by atoms with Crippen LogP contribution in [0, 0.1) is 5.92 Å². The molecular formula is C23H32F2N2O6. The zero-order valence-electron chi connectivity index (χ0n) is 19.1. The molecule has 1 heterocycles. The van der Waals surface area contributed by atoms with Crippen molar-refractivity contribution < 1.29 is 38.7 Å². The molecule has 184 valence electrons. The van der Waals surface area contributed by atoms with Crippen molar-refractivity contribution in [2.45, 2.75) is 76.6 Å². The minimum Gasteiger partial charge on any atom is -0.491 e. The highest BCUT2D eigenvalue weighted by Crippen LogP contribution is 2.41. The van der Waals surface area contributed by atoms with Crippen LogP contribution in [0.1, 0.15) is 44.9 Å². The Morgan fingerprint density at radius 3 is 2.21 bits per heavy atom. The summed E-state index contributed by atoms with van der Waals surface area (Å²) in [5.74, 6) is -5.22.